The summed E-state index contributed by atoms with van der Waals surface area (Å²) in [6, 6.07) is 25.0. The normalized spacial score (nSPS) is 11.5. The number of ether oxygens (including phenoxy) is 3. The molecule has 0 aliphatic rings. The van der Waals surface area contributed by atoms with E-state index < -0.39 is 0 Å². The van der Waals surface area contributed by atoms with Crippen LogP contribution in [0.5, 0.6) is 11.5 Å². The number of methoxy groups -OCH3 is 2. The summed E-state index contributed by atoms with van der Waals surface area (Å²) in [6.07, 6.45) is 0.565. The van der Waals surface area contributed by atoms with Crippen molar-refractivity contribution in [1.82, 2.24) is 0 Å². The van der Waals surface area contributed by atoms with Crippen molar-refractivity contribution in [3.8, 4) is 11.5 Å². The molecule has 0 radical (unpaired) electrons. The molecule has 3 rings (SSSR count). The Hall–Kier alpha value is -3.27. The minimum absolute atomic E-state index is 0.231. The van der Waals surface area contributed by atoms with Crippen LogP contribution in [0.4, 0.5) is 0 Å². The Morgan fingerprint density at radius 1 is 0.750 bits per heavy atom. The number of carbonyl (C=O) groups is 1. The standard InChI is InChI=1S/C24H24O4/c1-26-21-12-8-18(9-13-21)16-23(20-6-4-3-5-7-20)24(25)28-17-19-10-14-22(27-2)15-11-19/h3-15,23H,16-17H2,1-2H3. The number of esters is 1. The number of benzene rings is 3. The molecular weight excluding hydrogens is 352 g/mol. The van der Waals surface area contributed by atoms with Gasteiger partial charge < -0.3 is 14.2 Å². The largest absolute Gasteiger partial charge is 0.497 e. The molecule has 0 fully saturated rings. The summed E-state index contributed by atoms with van der Waals surface area (Å²) >= 11 is 0. The minimum Gasteiger partial charge on any atom is -0.497 e. The summed E-state index contributed by atoms with van der Waals surface area (Å²) < 4.78 is 16.0. The lowest BCUT2D eigenvalue weighted by atomic mass is 9.92. The Morgan fingerprint density at radius 3 is 1.82 bits per heavy atom. The van der Waals surface area contributed by atoms with Gasteiger partial charge in [0, 0.05) is 0 Å². The smallest absolute Gasteiger partial charge is 0.314 e. The third kappa shape index (κ3) is 5.13. The first-order valence-corrected chi connectivity index (χ1v) is 9.17. The Bertz CT molecular complexity index is 871. The van der Waals surface area contributed by atoms with Gasteiger partial charge in [0.1, 0.15) is 18.1 Å². The van der Waals surface area contributed by atoms with Crippen molar-refractivity contribution < 1.29 is 19.0 Å². The third-order valence-electron chi connectivity index (χ3n) is 4.63. The van der Waals surface area contributed by atoms with E-state index in [9.17, 15) is 4.79 Å². The van der Waals surface area contributed by atoms with E-state index in [-0.39, 0.29) is 18.5 Å². The van der Waals surface area contributed by atoms with Crippen molar-refractivity contribution in [3.63, 3.8) is 0 Å². The second-order valence-corrected chi connectivity index (χ2v) is 6.47. The average molecular weight is 376 g/mol. The van der Waals surface area contributed by atoms with Crippen molar-refractivity contribution in [2.45, 2.75) is 18.9 Å². The van der Waals surface area contributed by atoms with Crippen molar-refractivity contribution in [2.75, 3.05) is 14.2 Å². The van der Waals surface area contributed by atoms with Crippen LogP contribution >= 0.6 is 0 Å². The van der Waals surface area contributed by atoms with Gasteiger partial charge in [-0.15, -0.1) is 0 Å². The van der Waals surface area contributed by atoms with Crippen LogP contribution in [0.25, 0.3) is 0 Å². The molecule has 0 aliphatic heterocycles. The summed E-state index contributed by atoms with van der Waals surface area (Å²) in [5.74, 6) is 0.963. The molecule has 0 heterocycles. The summed E-state index contributed by atoms with van der Waals surface area (Å²) in [5.41, 5.74) is 2.92. The molecule has 4 nitrogen and oxygen atoms in total. The molecule has 3 aromatic rings. The molecule has 4 heteroatoms. The lowest BCUT2D eigenvalue weighted by molar-refractivity contribution is -0.146. The van der Waals surface area contributed by atoms with Crippen LogP contribution in [0.2, 0.25) is 0 Å². The SMILES string of the molecule is COc1ccc(COC(=O)C(Cc2ccc(OC)cc2)c2ccccc2)cc1. The van der Waals surface area contributed by atoms with E-state index >= 15 is 0 Å². The molecular formula is C24H24O4. The quantitative estimate of drug-likeness (QED) is 0.531. The van der Waals surface area contributed by atoms with Crippen LogP contribution in [0.1, 0.15) is 22.6 Å². The molecule has 1 unspecified atom stereocenters. The molecule has 0 aliphatic carbocycles. The Morgan fingerprint density at radius 2 is 1.29 bits per heavy atom. The lowest BCUT2D eigenvalue weighted by Gasteiger charge is -2.17. The van der Waals surface area contributed by atoms with Crippen LogP contribution in [0, 0.1) is 0 Å². The first kappa shape index (κ1) is 19.5. The maximum absolute atomic E-state index is 12.9. The van der Waals surface area contributed by atoms with E-state index in [1.165, 1.54) is 0 Å². The minimum atomic E-state index is -0.368. The van der Waals surface area contributed by atoms with Gasteiger partial charge in [0.25, 0.3) is 0 Å². The van der Waals surface area contributed by atoms with Gasteiger partial charge in [0.2, 0.25) is 0 Å². The van der Waals surface area contributed by atoms with Crippen LogP contribution in [0.3, 0.4) is 0 Å². The van der Waals surface area contributed by atoms with E-state index in [2.05, 4.69) is 0 Å². The van der Waals surface area contributed by atoms with Gasteiger partial charge in [-0.3, -0.25) is 4.79 Å². The first-order chi connectivity index (χ1) is 13.7. The molecule has 0 spiro atoms. The summed E-state index contributed by atoms with van der Waals surface area (Å²) in [5, 5.41) is 0. The van der Waals surface area contributed by atoms with E-state index in [4.69, 9.17) is 14.2 Å². The van der Waals surface area contributed by atoms with Crippen LogP contribution < -0.4 is 9.47 Å². The highest BCUT2D eigenvalue weighted by Gasteiger charge is 2.22. The van der Waals surface area contributed by atoms with Crippen molar-refractivity contribution in [3.05, 3.63) is 95.6 Å². The van der Waals surface area contributed by atoms with Gasteiger partial charge in [-0.2, -0.15) is 0 Å². The first-order valence-electron chi connectivity index (χ1n) is 9.17. The monoisotopic (exact) mass is 376 g/mol. The van der Waals surface area contributed by atoms with Crippen molar-refractivity contribution in [1.29, 1.82) is 0 Å². The zero-order valence-electron chi connectivity index (χ0n) is 16.1. The molecule has 1 atom stereocenters. The van der Waals surface area contributed by atoms with E-state index in [0.717, 1.165) is 28.2 Å². The third-order valence-corrected chi connectivity index (χ3v) is 4.63. The van der Waals surface area contributed by atoms with Crippen LogP contribution in [-0.4, -0.2) is 20.2 Å². The predicted molar refractivity (Wildman–Crippen MR) is 109 cm³/mol. The van der Waals surface area contributed by atoms with Gasteiger partial charge >= 0.3 is 5.97 Å². The van der Waals surface area contributed by atoms with E-state index in [0.29, 0.717) is 6.42 Å². The fraction of sp³-hybridized carbons (Fsp3) is 0.208. The second kappa shape index (κ2) is 9.60. The lowest BCUT2D eigenvalue weighted by Crippen LogP contribution is -2.18. The number of rotatable bonds is 8. The maximum atomic E-state index is 12.9. The number of hydrogen-bond acceptors (Lipinski definition) is 4. The van der Waals surface area contributed by atoms with Gasteiger partial charge in [-0.05, 0) is 47.4 Å². The highest BCUT2D eigenvalue weighted by molar-refractivity contribution is 5.78. The molecule has 0 N–H and O–H groups in total. The Balaban J connectivity index is 1.72. The molecule has 0 aromatic heterocycles. The second-order valence-electron chi connectivity index (χ2n) is 6.47. The van der Waals surface area contributed by atoms with Gasteiger partial charge in [-0.25, -0.2) is 0 Å². The van der Waals surface area contributed by atoms with Crippen LogP contribution in [-0.2, 0) is 22.6 Å². The molecule has 0 saturated carbocycles. The predicted octanol–water partition coefficient (Wildman–Crippen LogP) is 4.77. The van der Waals surface area contributed by atoms with Crippen LogP contribution in [0.15, 0.2) is 78.9 Å². The topological polar surface area (TPSA) is 44.8 Å². The van der Waals surface area contributed by atoms with Crippen molar-refractivity contribution >= 4 is 5.97 Å². The molecule has 28 heavy (non-hydrogen) atoms. The fourth-order valence-electron chi connectivity index (χ4n) is 3.00. The van der Waals surface area contributed by atoms with Gasteiger partial charge in [-0.1, -0.05) is 54.6 Å². The fourth-order valence-corrected chi connectivity index (χ4v) is 3.00. The summed E-state index contributed by atoms with van der Waals surface area (Å²) in [6.45, 7) is 0.231. The van der Waals surface area contributed by atoms with E-state index in [1.54, 1.807) is 14.2 Å². The highest BCUT2D eigenvalue weighted by Crippen LogP contribution is 2.24. The zero-order valence-corrected chi connectivity index (χ0v) is 16.1. The van der Waals surface area contributed by atoms with Crippen molar-refractivity contribution in [2.24, 2.45) is 0 Å². The zero-order chi connectivity index (χ0) is 19.8. The Labute approximate surface area is 165 Å². The Kier molecular flexibility index (Phi) is 6.68. The number of carbonyl (C=O) groups excluding carboxylic acids is 1. The number of hydrogen-bond donors (Lipinski definition) is 0. The molecule has 0 amide bonds. The molecule has 0 bridgehead atoms. The van der Waals surface area contributed by atoms with Gasteiger partial charge in [0.15, 0.2) is 0 Å². The molecule has 3 aromatic carbocycles. The molecule has 0 saturated heterocycles. The highest BCUT2D eigenvalue weighted by atomic mass is 16.5. The summed E-state index contributed by atoms with van der Waals surface area (Å²) in [4.78, 5) is 12.9. The summed E-state index contributed by atoms with van der Waals surface area (Å²) in [7, 11) is 3.26. The van der Waals surface area contributed by atoms with E-state index in [1.807, 2.05) is 78.9 Å². The molecule has 144 valence electrons. The maximum Gasteiger partial charge on any atom is 0.314 e. The van der Waals surface area contributed by atoms with Gasteiger partial charge in [0.05, 0.1) is 20.1 Å². The average Bonchev–Trinajstić information content (AvgIpc) is 2.77.